The van der Waals surface area contributed by atoms with Crippen LogP contribution >= 0.6 is 0 Å². The van der Waals surface area contributed by atoms with Gasteiger partial charge in [0.2, 0.25) is 0 Å². The van der Waals surface area contributed by atoms with Gasteiger partial charge in [0.15, 0.2) is 11.2 Å². The van der Waals surface area contributed by atoms with Crippen LogP contribution in [0.2, 0.25) is 0 Å². The van der Waals surface area contributed by atoms with E-state index < -0.39 is 0 Å². The molecule has 0 saturated carbocycles. The number of carbonyl (C=O) groups is 1. The van der Waals surface area contributed by atoms with E-state index in [4.69, 9.17) is 23.4 Å². The first-order valence-corrected chi connectivity index (χ1v) is 18.0. The maximum Gasteiger partial charge on any atom is 0.193 e. The van der Waals surface area contributed by atoms with Crippen molar-refractivity contribution in [3.63, 3.8) is 0 Å². The lowest BCUT2D eigenvalue weighted by Gasteiger charge is -2.09. The Kier molecular flexibility index (Phi) is 13.4. The zero-order chi connectivity index (χ0) is 37.5. The van der Waals surface area contributed by atoms with Crippen molar-refractivity contribution in [3.8, 4) is 28.6 Å². The molecule has 0 saturated heterocycles. The summed E-state index contributed by atoms with van der Waals surface area (Å²) in [6.45, 7) is 5.31. The number of hydrogen-bond acceptors (Lipinski definition) is 10. The Hall–Kier alpha value is -6.04. The van der Waals surface area contributed by atoms with E-state index in [2.05, 4.69) is 10.3 Å². The Labute approximate surface area is 313 Å². The molecule has 0 aliphatic heterocycles. The van der Waals surface area contributed by atoms with Gasteiger partial charge in [-0.15, -0.1) is 5.10 Å². The Morgan fingerprint density at radius 3 is 2.35 bits per heavy atom. The number of carbonyl (C=O) groups excluding carboxylic acids is 1. The zero-order valence-corrected chi connectivity index (χ0v) is 30.2. The van der Waals surface area contributed by atoms with Crippen molar-refractivity contribution < 1.29 is 33.3 Å². The maximum absolute atomic E-state index is 12.5. The number of ether oxygens (including phenoxy) is 4. The van der Waals surface area contributed by atoms with Gasteiger partial charge >= 0.3 is 0 Å². The first-order chi connectivity index (χ1) is 26.4. The molecule has 4 aromatic carbocycles. The summed E-state index contributed by atoms with van der Waals surface area (Å²) in [5, 5.41) is 19.0. The number of para-hydroxylation sites is 1. The Balaban J connectivity index is 0.780. The summed E-state index contributed by atoms with van der Waals surface area (Å²) in [7, 11) is 0. The second kappa shape index (κ2) is 19.2. The summed E-state index contributed by atoms with van der Waals surface area (Å²) >= 11 is 0. The predicted octanol–water partition coefficient (Wildman–Crippen LogP) is 7.48. The van der Waals surface area contributed by atoms with E-state index in [9.17, 15) is 14.7 Å². The van der Waals surface area contributed by atoms with Crippen molar-refractivity contribution in [1.82, 2.24) is 15.0 Å². The number of phenolic OH excluding ortho intramolecular Hbond substituents is 1. The van der Waals surface area contributed by atoms with Crippen molar-refractivity contribution in [3.05, 3.63) is 142 Å². The average molecular weight is 730 g/mol. The van der Waals surface area contributed by atoms with Crippen LogP contribution in [0.5, 0.6) is 17.2 Å². The minimum Gasteiger partial charge on any atom is -0.507 e. The second-order valence-electron chi connectivity index (χ2n) is 12.6. The molecule has 54 heavy (non-hydrogen) atoms. The molecule has 11 heteroatoms. The number of phenols is 1. The number of aromatic hydroxyl groups is 1. The van der Waals surface area contributed by atoms with E-state index in [1.54, 1.807) is 35.0 Å². The number of rotatable bonds is 20. The van der Waals surface area contributed by atoms with Crippen molar-refractivity contribution >= 4 is 22.8 Å². The lowest BCUT2D eigenvalue weighted by atomic mass is 10.1. The van der Waals surface area contributed by atoms with Gasteiger partial charge in [-0.2, -0.15) is 0 Å². The Morgan fingerprint density at radius 2 is 1.54 bits per heavy atom. The largest absolute Gasteiger partial charge is 0.507 e. The summed E-state index contributed by atoms with van der Waals surface area (Å²) < 4.78 is 30.7. The smallest absolute Gasteiger partial charge is 0.193 e. The van der Waals surface area contributed by atoms with E-state index in [0.29, 0.717) is 68.7 Å². The molecular formula is C43H43N3O8. The van der Waals surface area contributed by atoms with Crippen LogP contribution < -0.4 is 14.9 Å². The molecule has 0 fully saturated rings. The first kappa shape index (κ1) is 37.7. The van der Waals surface area contributed by atoms with Crippen molar-refractivity contribution in [2.24, 2.45) is 0 Å². The van der Waals surface area contributed by atoms with Crippen LogP contribution in [-0.4, -0.2) is 65.5 Å². The number of nitrogens with zero attached hydrogens (tertiary/aromatic N) is 3. The summed E-state index contributed by atoms with van der Waals surface area (Å²) in [4.78, 5) is 24.9. The normalized spacial score (nSPS) is 11.4. The van der Waals surface area contributed by atoms with Gasteiger partial charge < -0.3 is 28.5 Å². The molecule has 6 aromatic rings. The van der Waals surface area contributed by atoms with Gasteiger partial charge in [-0.25, -0.2) is 4.68 Å². The molecule has 0 aliphatic rings. The molecule has 0 radical (unpaired) electrons. The number of fused-ring (bicyclic) bond motifs is 1. The monoisotopic (exact) mass is 729 g/mol. The molecule has 11 nitrogen and oxygen atoms in total. The van der Waals surface area contributed by atoms with E-state index >= 15 is 0 Å². The van der Waals surface area contributed by atoms with E-state index in [1.165, 1.54) is 18.2 Å². The van der Waals surface area contributed by atoms with Crippen LogP contribution in [0, 0.1) is 6.92 Å². The van der Waals surface area contributed by atoms with Gasteiger partial charge in [-0.05, 0) is 98.5 Å². The van der Waals surface area contributed by atoms with E-state index in [0.717, 1.165) is 47.4 Å². The molecule has 0 atom stereocenters. The van der Waals surface area contributed by atoms with Crippen LogP contribution in [0.3, 0.4) is 0 Å². The zero-order valence-electron chi connectivity index (χ0n) is 30.2. The van der Waals surface area contributed by atoms with Crippen LogP contribution in [0.4, 0.5) is 0 Å². The minimum atomic E-state index is -0.247. The molecule has 0 unspecified atom stereocenters. The number of aryl methyl sites for hydroxylation is 2. The molecule has 6 rings (SSSR count). The fraction of sp³-hybridized carbons (Fsp3) is 0.256. The third-order valence-electron chi connectivity index (χ3n) is 8.51. The van der Waals surface area contributed by atoms with Gasteiger partial charge in [-0.1, -0.05) is 47.2 Å². The fourth-order valence-corrected chi connectivity index (χ4v) is 5.60. The molecule has 0 spiro atoms. The molecule has 0 aliphatic carbocycles. The number of benzene rings is 4. The van der Waals surface area contributed by atoms with Gasteiger partial charge in [0, 0.05) is 17.8 Å². The standard InChI is InChI=1S/C43H43N3O8/c1-31-9-19-39(47)38(28-31)40(48)20-12-32-10-15-35(16-11-32)52-22-5-4-6-34-30-46(45-44-34)21-23-50-24-25-51-26-27-53-36-17-13-33(14-18-36)43-29-41(49)37-7-2-3-8-42(37)54-43/h2-3,7-20,28-30,47H,4-6,21-27H2,1H3/b20-12+. The second-order valence-corrected chi connectivity index (χ2v) is 12.6. The molecule has 2 heterocycles. The van der Waals surface area contributed by atoms with Crippen LogP contribution in [0.1, 0.15) is 40.0 Å². The topological polar surface area (TPSA) is 135 Å². The predicted molar refractivity (Wildman–Crippen MR) is 206 cm³/mol. The summed E-state index contributed by atoms with van der Waals surface area (Å²) in [5.74, 6) is 1.71. The van der Waals surface area contributed by atoms with Gasteiger partial charge in [0.05, 0.1) is 56.2 Å². The van der Waals surface area contributed by atoms with Crippen molar-refractivity contribution in [2.45, 2.75) is 32.7 Å². The highest BCUT2D eigenvalue weighted by Crippen LogP contribution is 2.25. The molecule has 278 valence electrons. The number of unbranched alkanes of at least 4 members (excludes halogenated alkanes) is 1. The molecular weight excluding hydrogens is 686 g/mol. The SMILES string of the molecule is Cc1ccc(O)c(C(=O)/C=C/c2ccc(OCCCCc3cn(CCOCCOCCOc4ccc(-c5cc(=O)c6ccccc6o5)cc4)nn3)cc2)c1. The van der Waals surface area contributed by atoms with E-state index in [-0.39, 0.29) is 22.5 Å². The van der Waals surface area contributed by atoms with Crippen LogP contribution in [-0.2, 0) is 22.4 Å². The number of hydrogen-bond donors (Lipinski definition) is 1. The molecule has 1 N–H and O–H groups in total. The molecule has 2 aromatic heterocycles. The van der Waals surface area contributed by atoms with Crippen molar-refractivity contribution in [1.29, 1.82) is 0 Å². The van der Waals surface area contributed by atoms with Crippen LogP contribution in [0.25, 0.3) is 28.4 Å². The lowest BCUT2D eigenvalue weighted by Crippen LogP contribution is -2.13. The lowest BCUT2D eigenvalue weighted by molar-refractivity contribution is 0.0333. The highest BCUT2D eigenvalue weighted by Gasteiger charge is 2.09. The summed E-state index contributed by atoms with van der Waals surface area (Å²) in [6, 6.07) is 28.6. The fourth-order valence-electron chi connectivity index (χ4n) is 5.60. The van der Waals surface area contributed by atoms with Gasteiger partial charge in [0.25, 0.3) is 0 Å². The van der Waals surface area contributed by atoms with E-state index in [1.807, 2.05) is 73.8 Å². The van der Waals surface area contributed by atoms with Gasteiger partial charge in [-0.3, -0.25) is 9.59 Å². The minimum absolute atomic E-state index is 0.0231. The third kappa shape index (κ3) is 11.0. The average Bonchev–Trinajstić information content (AvgIpc) is 3.65. The highest BCUT2D eigenvalue weighted by molar-refractivity contribution is 6.08. The quantitative estimate of drug-likeness (QED) is 0.0479. The molecule has 0 amide bonds. The van der Waals surface area contributed by atoms with Crippen LogP contribution in [0.15, 0.2) is 119 Å². The molecule has 0 bridgehead atoms. The highest BCUT2D eigenvalue weighted by atomic mass is 16.5. The first-order valence-electron chi connectivity index (χ1n) is 18.0. The number of allylic oxidation sites excluding steroid dienone is 1. The summed E-state index contributed by atoms with van der Waals surface area (Å²) in [6.07, 6.45) is 7.73. The van der Waals surface area contributed by atoms with Gasteiger partial charge in [0.1, 0.15) is 35.2 Å². The number of aromatic nitrogens is 3. The third-order valence-corrected chi connectivity index (χ3v) is 8.51. The summed E-state index contributed by atoms with van der Waals surface area (Å²) in [5.41, 5.74) is 4.28. The van der Waals surface area contributed by atoms with Crippen molar-refractivity contribution in [2.75, 3.05) is 39.6 Å². The maximum atomic E-state index is 12.5. The Morgan fingerprint density at radius 1 is 0.815 bits per heavy atom. The number of ketones is 1. The Bertz CT molecular complexity index is 2210.